The summed E-state index contributed by atoms with van der Waals surface area (Å²) < 4.78 is 5.60. The van der Waals surface area contributed by atoms with E-state index in [-0.39, 0.29) is 24.3 Å². The molecule has 3 rings (SSSR count). The molecular formula is C19H21N3O4S. The molecule has 1 aromatic carbocycles. The predicted octanol–water partition coefficient (Wildman–Crippen LogP) is 2.07. The number of rotatable bonds is 5. The first-order valence-corrected chi connectivity index (χ1v) is 9.52. The van der Waals surface area contributed by atoms with Crippen molar-refractivity contribution >= 4 is 34.7 Å². The molecule has 27 heavy (non-hydrogen) atoms. The van der Waals surface area contributed by atoms with Gasteiger partial charge >= 0.3 is 0 Å². The zero-order valence-corrected chi connectivity index (χ0v) is 15.8. The summed E-state index contributed by atoms with van der Waals surface area (Å²) in [6, 6.07) is 10.6. The van der Waals surface area contributed by atoms with Gasteiger partial charge in [-0.25, -0.2) is 0 Å². The summed E-state index contributed by atoms with van der Waals surface area (Å²) in [5.41, 5.74) is 0.532. The summed E-state index contributed by atoms with van der Waals surface area (Å²) >= 11 is 1.42. The van der Waals surface area contributed by atoms with Gasteiger partial charge in [0.05, 0.1) is 10.6 Å². The van der Waals surface area contributed by atoms with Crippen LogP contribution in [0.3, 0.4) is 0 Å². The average Bonchev–Trinajstić information content (AvgIpc) is 3.21. The maximum Gasteiger partial charge on any atom is 0.264 e. The fourth-order valence-corrected chi connectivity index (χ4v) is 3.52. The Morgan fingerprint density at radius 2 is 1.74 bits per heavy atom. The molecule has 1 aliphatic rings. The SMILES string of the molecule is CC(=O)Nc1ccccc1OCC(=O)N1CCN(C(=O)c2cccs2)CC1. The first kappa shape index (κ1) is 18.9. The predicted molar refractivity (Wildman–Crippen MR) is 103 cm³/mol. The number of anilines is 1. The van der Waals surface area contributed by atoms with Crippen LogP contribution in [0.25, 0.3) is 0 Å². The highest BCUT2D eigenvalue weighted by Gasteiger charge is 2.25. The van der Waals surface area contributed by atoms with E-state index in [1.807, 2.05) is 17.5 Å². The lowest BCUT2D eigenvalue weighted by molar-refractivity contribution is -0.134. The van der Waals surface area contributed by atoms with Crippen LogP contribution in [0.2, 0.25) is 0 Å². The molecule has 1 aromatic heterocycles. The van der Waals surface area contributed by atoms with Crippen molar-refractivity contribution in [1.82, 2.24) is 9.80 Å². The number of amides is 3. The number of ether oxygens (including phenoxy) is 1. The van der Waals surface area contributed by atoms with E-state index in [1.54, 1.807) is 34.1 Å². The molecule has 3 amide bonds. The summed E-state index contributed by atoms with van der Waals surface area (Å²) in [6.07, 6.45) is 0. The first-order valence-electron chi connectivity index (χ1n) is 8.64. The molecule has 0 saturated carbocycles. The molecule has 0 aliphatic carbocycles. The van der Waals surface area contributed by atoms with Gasteiger partial charge in [-0.3, -0.25) is 14.4 Å². The van der Waals surface area contributed by atoms with Crippen LogP contribution >= 0.6 is 11.3 Å². The van der Waals surface area contributed by atoms with Crippen molar-refractivity contribution in [3.63, 3.8) is 0 Å². The van der Waals surface area contributed by atoms with Crippen LogP contribution in [-0.4, -0.2) is 60.3 Å². The van der Waals surface area contributed by atoms with Crippen molar-refractivity contribution < 1.29 is 19.1 Å². The standard InChI is InChI=1S/C19H21N3O4S/c1-14(23)20-15-5-2-3-6-16(15)26-13-18(24)21-8-10-22(11-9-21)19(25)17-7-4-12-27-17/h2-7,12H,8-11,13H2,1H3,(H,20,23). The van der Waals surface area contributed by atoms with Crippen molar-refractivity contribution in [2.24, 2.45) is 0 Å². The number of carbonyl (C=O) groups excluding carboxylic acids is 3. The minimum Gasteiger partial charge on any atom is -0.482 e. The van der Waals surface area contributed by atoms with Gasteiger partial charge in [-0.05, 0) is 23.6 Å². The van der Waals surface area contributed by atoms with Crippen molar-refractivity contribution in [2.75, 3.05) is 38.1 Å². The number of thiophene rings is 1. The summed E-state index contributed by atoms with van der Waals surface area (Å²) in [7, 11) is 0. The molecule has 0 unspecified atom stereocenters. The molecule has 1 N–H and O–H groups in total. The zero-order chi connectivity index (χ0) is 19.2. The van der Waals surface area contributed by atoms with Crippen molar-refractivity contribution in [3.05, 3.63) is 46.7 Å². The van der Waals surface area contributed by atoms with Gasteiger partial charge in [0, 0.05) is 33.1 Å². The number of para-hydroxylation sites is 2. The van der Waals surface area contributed by atoms with Crippen molar-refractivity contribution in [3.8, 4) is 5.75 Å². The van der Waals surface area contributed by atoms with Gasteiger partial charge in [-0.1, -0.05) is 18.2 Å². The molecule has 1 fully saturated rings. The van der Waals surface area contributed by atoms with E-state index < -0.39 is 0 Å². The van der Waals surface area contributed by atoms with Crippen LogP contribution in [0.1, 0.15) is 16.6 Å². The lowest BCUT2D eigenvalue weighted by Gasteiger charge is -2.34. The van der Waals surface area contributed by atoms with Crippen molar-refractivity contribution in [2.45, 2.75) is 6.92 Å². The molecule has 0 bridgehead atoms. The zero-order valence-electron chi connectivity index (χ0n) is 15.0. The smallest absolute Gasteiger partial charge is 0.264 e. The Morgan fingerprint density at radius 3 is 2.41 bits per heavy atom. The van der Waals surface area contributed by atoms with Gasteiger partial charge in [0.1, 0.15) is 5.75 Å². The highest BCUT2D eigenvalue weighted by molar-refractivity contribution is 7.12. The molecule has 7 nitrogen and oxygen atoms in total. The van der Waals surface area contributed by atoms with Crippen LogP contribution in [0.4, 0.5) is 5.69 Å². The minimum atomic E-state index is -0.205. The van der Waals surface area contributed by atoms with Crippen LogP contribution < -0.4 is 10.1 Å². The molecule has 0 spiro atoms. The number of carbonyl (C=O) groups is 3. The van der Waals surface area contributed by atoms with Gasteiger partial charge in [0.2, 0.25) is 5.91 Å². The fourth-order valence-electron chi connectivity index (χ4n) is 2.83. The van der Waals surface area contributed by atoms with Crippen LogP contribution in [-0.2, 0) is 9.59 Å². The molecular weight excluding hydrogens is 366 g/mol. The summed E-state index contributed by atoms with van der Waals surface area (Å²) in [6.45, 7) is 3.27. The second-order valence-electron chi connectivity index (χ2n) is 6.12. The molecule has 0 atom stereocenters. The minimum absolute atomic E-state index is 0.0117. The molecule has 1 aliphatic heterocycles. The van der Waals surface area contributed by atoms with Crippen LogP contribution in [0.5, 0.6) is 5.75 Å². The molecule has 142 valence electrons. The monoisotopic (exact) mass is 387 g/mol. The van der Waals surface area contributed by atoms with E-state index in [4.69, 9.17) is 4.74 Å². The van der Waals surface area contributed by atoms with Gasteiger partial charge in [0.25, 0.3) is 11.8 Å². The summed E-state index contributed by atoms with van der Waals surface area (Å²) in [5.74, 6) is 0.116. The van der Waals surface area contributed by atoms with E-state index in [0.29, 0.717) is 42.5 Å². The van der Waals surface area contributed by atoms with E-state index in [1.165, 1.54) is 18.3 Å². The highest BCUT2D eigenvalue weighted by atomic mass is 32.1. The van der Waals surface area contributed by atoms with Crippen molar-refractivity contribution in [1.29, 1.82) is 0 Å². The number of benzene rings is 1. The topological polar surface area (TPSA) is 79.0 Å². The largest absolute Gasteiger partial charge is 0.482 e. The normalized spacial score (nSPS) is 14.0. The van der Waals surface area contributed by atoms with Crippen LogP contribution in [0, 0.1) is 0 Å². The Bertz CT molecular complexity index is 814. The first-order chi connectivity index (χ1) is 13.0. The quantitative estimate of drug-likeness (QED) is 0.852. The Hall–Kier alpha value is -2.87. The summed E-state index contributed by atoms with van der Waals surface area (Å²) in [5, 5.41) is 4.55. The maximum atomic E-state index is 12.4. The third-order valence-corrected chi connectivity index (χ3v) is 5.06. The number of nitrogens with one attached hydrogen (secondary N) is 1. The van der Waals surface area contributed by atoms with Gasteiger partial charge < -0.3 is 19.9 Å². The third-order valence-electron chi connectivity index (χ3n) is 4.20. The number of hydrogen-bond acceptors (Lipinski definition) is 5. The molecule has 1 saturated heterocycles. The lowest BCUT2D eigenvalue weighted by Crippen LogP contribution is -2.51. The average molecular weight is 387 g/mol. The highest BCUT2D eigenvalue weighted by Crippen LogP contribution is 2.23. The fraction of sp³-hybridized carbons (Fsp3) is 0.316. The van der Waals surface area contributed by atoms with Gasteiger partial charge in [-0.15, -0.1) is 11.3 Å². The Kier molecular flexibility index (Phi) is 6.08. The molecule has 2 aromatic rings. The van der Waals surface area contributed by atoms with E-state index in [9.17, 15) is 14.4 Å². The second-order valence-corrected chi connectivity index (χ2v) is 7.06. The lowest BCUT2D eigenvalue weighted by atomic mass is 10.2. The van der Waals surface area contributed by atoms with Gasteiger partial charge in [0.15, 0.2) is 6.61 Å². The Morgan fingerprint density at radius 1 is 1.04 bits per heavy atom. The molecule has 0 radical (unpaired) electrons. The molecule has 8 heteroatoms. The van der Waals surface area contributed by atoms with E-state index in [0.717, 1.165) is 0 Å². The van der Waals surface area contributed by atoms with Gasteiger partial charge in [-0.2, -0.15) is 0 Å². The maximum absolute atomic E-state index is 12.4. The Balaban J connectivity index is 1.50. The molecule has 2 heterocycles. The summed E-state index contributed by atoms with van der Waals surface area (Å²) in [4.78, 5) is 40.2. The number of nitrogens with zero attached hydrogens (tertiary/aromatic N) is 2. The second kappa shape index (κ2) is 8.68. The van der Waals surface area contributed by atoms with Crippen LogP contribution in [0.15, 0.2) is 41.8 Å². The third kappa shape index (κ3) is 4.85. The number of hydrogen-bond donors (Lipinski definition) is 1. The number of piperazine rings is 1. The van der Waals surface area contributed by atoms with E-state index >= 15 is 0 Å². The Labute approximate surface area is 161 Å². The van der Waals surface area contributed by atoms with E-state index in [2.05, 4.69) is 5.32 Å².